The molecule has 32 heavy (non-hydrogen) atoms. The van der Waals surface area contributed by atoms with Gasteiger partial charge >= 0.3 is 0 Å². The second kappa shape index (κ2) is 9.83. The molecule has 0 radical (unpaired) electrons. The van der Waals surface area contributed by atoms with Gasteiger partial charge in [-0.3, -0.25) is 9.59 Å². The molecule has 166 valence electrons. The number of hydrogen-bond acceptors (Lipinski definition) is 4. The highest BCUT2D eigenvalue weighted by Gasteiger charge is 2.24. The van der Waals surface area contributed by atoms with Crippen LogP contribution in [0, 0.1) is 0 Å². The Morgan fingerprint density at radius 1 is 0.906 bits per heavy atom. The van der Waals surface area contributed by atoms with Crippen LogP contribution in [0.15, 0.2) is 72.3 Å². The Balaban J connectivity index is 1.32. The second-order valence-corrected chi connectivity index (χ2v) is 8.52. The number of amides is 2. The fourth-order valence-corrected chi connectivity index (χ4v) is 4.05. The molecule has 2 N–H and O–H groups in total. The summed E-state index contributed by atoms with van der Waals surface area (Å²) >= 11 is 0. The predicted molar refractivity (Wildman–Crippen MR) is 130 cm³/mol. The average molecular weight is 431 g/mol. The summed E-state index contributed by atoms with van der Waals surface area (Å²) in [5.41, 5.74) is 3.81. The standard InChI is InChI=1S/C26H30N4O2/c1-29(2)24-16-17-30(18-24)23-14-12-22(13-15-23)28-26(32)20-8-10-21(11-9-20)27-25(31)19-6-4-3-5-7-19/h4,6-15,24H,3,5,16-18H2,1-2H3,(H,27,31)(H,28,32). The number of carbonyl (C=O) groups is 2. The van der Waals surface area contributed by atoms with Crippen molar-refractivity contribution in [3.8, 4) is 0 Å². The van der Waals surface area contributed by atoms with Crippen LogP contribution in [0.3, 0.4) is 0 Å². The largest absolute Gasteiger partial charge is 0.370 e. The van der Waals surface area contributed by atoms with Crippen LogP contribution in [0.25, 0.3) is 0 Å². The Bertz CT molecular complexity index is 1020. The summed E-state index contributed by atoms with van der Waals surface area (Å²) in [6.07, 6.45) is 8.80. The number of carbonyl (C=O) groups excluding carboxylic acids is 2. The van der Waals surface area contributed by atoms with Crippen molar-refractivity contribution in [2.24, 2.45) is 0 Å². The van der Waals surface area contributed by atoms with Gasteiger partial charge in [0, 0.05) is 47.3 Å². The van der Waals surface area contributed by atoms with Gasteiger partial charge in [0.1, 0.15) is 0 Å². The second-order valence-electron chi connectivity index (χ2n) is 8.52. The Morgan fingerprint density at radius 3 is 2.16 bits per heavy atom. The molecular weight excluding hydrogens is 400 g/mol. The first-order valence-electron chi connectivity index (χ1n) is 11.1. The molecular formula is C26H30N4O2. The topological polar surface area (TPSA) is 64.7 Å². The lowest BCUT2D eigenvalue weighted by Crippen LogP contribution is -2.31. The minimum atomic E-state index is -0.178. The first-order chi connectivity index (χ1) is 15.5. The number of anilines is 3. The quantitative estimate of drug-likeness (QED) is 0.717. The van der Waals surface area contributed by atoms with E-state index in [0.717, 1.165) is 38.0 Å². The third-order valence-electron chi connectivity index (χ3n) is 6.05. The Morgan fingerprint density at radius 2 is 1.56 bits per heavy atom. The van der Waals surface area contributed by atoms with Crippen molar-refractivity contribution in [1.82, 2.24) is 4.90 Å². The fraction of sp³-hybridized carbons (Fsp3) is 0.308. The number of benzene rings is 2. The highest BCUT2D eigenvalue weighted by molar-refractivity contribution is 6.07. The van der Waals surface area contributed by atoms with Gasteiger partial charge in [0.05, 0.1) is 0 Å². The van der Waals surface area contributed by atoms with Crippen LogP contribution < -0.4 is 15.5 Å². The van der Waals surface area contributed by atoms with E-state index >= 15 is 0 Å². The van der Waals surface area contributed by atoms with E-state index in [-0.39, 0.29) is 11.8 Å². The van der Waals surface area contributed by atoms with E-state index in [2.05, 4.69) is 46.7 Å². The molecule has 0 spiro atoms. The minimum Gasteiger partial charge on any atom is -0.370 e. The number of nitrogens with zero attached hydrogens (tertiary/aromatic N) is 2. The lowest BCUT2D eigenvalue weighted by Gasteiger charge is -2.22. The maximum Gasteiger partial charge on any atom is 0.255 e. The van der Waals surface area contributed by atoms with Crippen LogP contribution in [0.2, 0.25) is 0 Å². The molecule has 0 aromatic heterocycles. The van der Waals surface area contributed by atoms with E-state index in [1.807, 2.05) is 30.4 Å². The summed E-state index contributed by atoms with van der Waals surface area (Å²) in [5, 5.41) is 5.82. The van der Waals surface area contributed by atoms with Crippen LogP contribution in [-0.4, -0.2) is 49.9 Å². The van der Waals surface area contributed by atoms with E-state index in [0.29, 0.717) is 22.9 Å². The summed E-state index contributed by atoms with van der Waals surface area (Å²) in [6.45, 7) is 2.07. The summed E-state index contributed by atoms with van der Waals surface area (Å²) < 4.78 is 0. The highest BCUT2D eigenvalue weighted by Crippen LogP contribution is 2.24. The van der Waals surface area contributed by atoms with E-state index in [9.17, 15) is 9.59 Å². The van der Waals surface area contributed by atoms with Gasteiger partial charge in [0.15, 0.2) is 0 Å². The lowest BCUT2D eigenvalue weighted by molar-refractivity contribution is -0.112. The van der Waals surface area contributed by atoms with Gasteiger partial charge in [-0.2, -0.15) is 0 Å². The number of nitrogens with one attached hydrogen (secondary N) is 2. The molecule has 2 amide bonds. The van der Waals surface area contributed by atoms with Crippen molar-refractivity contribution >= 4 is 28.9 Å². The normalized spacial score (nSPS) is 17.9. The number of likely N-dealkylation sites (N-methyl/N-ethyl adjacent to an activating group) is 1. The molecule has 1 heterocycles. The molecule has 2 aromatic rings. The molecule has 0 bridgehead atoms. The summed E-state index contributed by atoms with van der Waals surface area (Å²) in [6, 6.07) is 15.5. The van der Waals surface area contributed by atoms with Gasteiger partial charge in [0.2, 0.25) is 0 Å². The van der Waals surface area contributed by atoms with Gasteiger partial charge in [0.25, 0.3) is 11.8 Å². The number of allylic oxidation sites excluding steroid dienone is 2. The minimum absolute atomic E-state index is 0.131. The van der Waals surface area contributed by atoms with Crippen molar-refractivity contribution in [1.29, 1.82) is 0 Å². The molecule has 1 aliphatic carbocycles. The summed E-state index contributed by atoms with van der Waals surface area (Å²) in [4.78, 5) is 29.6. The Kier molecular flexibility index (Phi) is 6.71. The maximum absolute atomic E-state index is 12.6. The predicted octanol–water partition coefficient (Wildman–Crippen LogP) is 4.29. The van der Waals surface area contributed by atoms with E-state index in [1.54, 1.807) is 24.3 Å². The molecule has 2 aliphatic rings. The number of rotatable bonds is 6. The van der Waals surface area contributed by atoms with Gasteiger partial charge in [-0.15, -0.1) is 0 Å². The third-order valence-corrected chi connectivity index (χ3v) is 6.05. The van der Waals surface area contributed by atoms with Crippen LogP contribution >= 0.6 is 0 Å². The van der Waals surface area contributed by atoms with E-state index in [4.69, 9.17) is 0 Å². The molecule has 1 unspecified atom stereocenters. The van der Waals surface area contributed by atoms with Crippen LogP contribution in [-0.2, 0) is 4.79 Å². The molecule has 1 saturated heterocycles. The van der Waals surface area contributed by atoms with Crippen molar-refractivity contribution in [2.45, 2.75) is 25.3 Å². The Hall–Kier alpha value is -3.38. The highest BCUT2D eigenvalue weighted by atomic mass is 16.2. The smallest absolute Gasteiger partial charge is 0.255 e. The SMILES string of the molecule is CN(C)C1CCN(c2ccc(NC(=O)c3ccc(NC(=O)C4=CCCC=C4)cc3)cc2)C1. The van der Waals surface area contributed by atoms with Crippen molar-refractivity contribution in [3.63, 3.8) is 0 Å². The first-order valence-corrected chi connectivity index (χ1v) is 11.1. The fourth-order valence-electron chi connectivity index (χ4n) is 4.05. The van der Waals surface area contributed by atoms with Gasteiger partial charge < -0.3 is 20.4 Å². The molecule has 6 nitrogen and oxygen atoms in total. The zero-order chi connectivity index (χ0) is 22.5. The van der Waals surface area contributed by atoms with E-state index in [1.165, 1.54) is 5.69 Å². The zero-order valence-electron chi connectivity index (χ0n) is 18.7. The summed E-state index contributed by atoms with van der Waals surface area (Å²) in [5.74, 6) is -0.310. The van der Waals surface area contributed by atoms with Crippen molar-refractivity contribution in [2.75, 3.05) is 42.7 Å². The molecule has 6 heteroatoms. The van der Waals surface area contributed by atoms with Crippen LogP contribution in [0.5, 0.6) is 0 Å². The molecule has 2 aromatic carbocycles. The maximum atomic E-state index is 12.6. The number of hydrogen-bond donors (Lipinski definition) is 2. The van der Waals surface area contributed by atoms with E-state index < -0.39 is 0 Å². The molecule has 4 rings (SSSR count). The Labute approximate surface area is 189 Å². The molecule has 1 atom stereocenters. The van der Waals surface area contributed by atoms with Gasteiger partial charge in [-0.05, 0) is 81.9 Å². The van der Waals surface area contributed by atoms with Gasteiger partial charge in [-0.1, -0.05) is 18.2 Å². The summed E-state index contributed by atoms with van der Waals surface area (Å²) in [7, 11) is 4.25. The van der Waals surface area contributed by atoms with Crippen molar-refractivity contribution < 1.29 is 9.59 Å². The average Bonchev–Trinajstić information content (AvgIpc) is 3.31. The van der Waals surface area contributed by atoms with Crippen molar-refractivity contribution in [3.05, 3.63) is 77.9 Å². The lowest BCUT2D eigenvalue weighted by atomic mass is 10.1. The monoisotopic (exact) mass is 430 g/mol. The molecule has 1 fully saturated rings. The first kappa shape index (κ1) is 21.8. The third kappa shape index (κ3) is 5.26. The van der Waals surface area contributed by atoms with Crippen LogP contribution in [0.4, 0.5) is 17.1 Å². The molecule has 1 aliphatic heterocycles. The van der Waals surface area contributed by atoms with Gasteiger partial charge in [-0.25, -0.2) is 0 Å². The molecule has 0 saturated carbocycles. The zero-order valence-corrected chi connectivity index (χ0v) is 18.7. The van der Waals surface area contributed by atoms with Crippen LogP contribution in [0.1, 0.15) is 29.6 Å².